The first-order chi connectivity index (χ1) is 26.4. The molecule has 0 aliphatic carbocycles. The average molecular weight is 731 g/mol. The van der Waals surface area contributed by atoms with Gasteiger partial charge in [-0.1, -0.05) is 44.2 Å². The molecule has 3 atom stereocenters. The summed E-state index contributed by atoms with van der Waals surface area (Å²) in [4.78, 5) is 22.3. The van der Waals surface area contributed by atoms with Gasteiger partial charge in [0.1, 0.15) is 24.8 Å². The smallest absolute Gasteiger partial charge is 0.350 e. The Kier molecular flexibility index (Phi) is 11.4. The third-order valence-electron chi connectivity index (χ3n) is 10.2. The average Bonchev–Trinajstić information content (AvgIpc) is 3.82. The number of benzene rings is 3. The molecule has 3 aromatic carbocycles. The van der Waals surface area contributed by atoms with E-state index in [1.54, 1.807) is 28.0 Å². The molecule has 0 radical (unpaired) electrons. The Bertz CT molecular complexity index is 2100. The molecule has 2 saturated heterocycles. The van der Waals surface area contributed by atoms with Gasteiger partial charge in [0.15, 0.2) is 0 Å². The third-order valence-corrected chi connectivity index (χ3v) is 10.2. The number of hydrazone groups is 1. The lowest BCUT2D eigenvalue weighted by atomic mass is 10.0. The fourth-order valence-corrected chi connectivity index (χ4v) is 7.02. The molecule has 0 saturated carbocycles. The normalized spacial score (nSPS) is 19.7. The van der Waals surface area contributed by atoms with Crippen molar-refractivity contribution in [2.45, 2.75) is 51.5 Å². The lowest BCUT2D eigenvalue weighted by Crippen LogP contribution is -2.46. The van der Waals surface area contributed by atoms with Gasteiger partial charge in [-0.3, -0.25) is 9.99 Å². The van der Waals surface area contributed by atoms with Crippen LogP contribution in [0.2, 0.25) is 0 Å². The van der Waals surface area contributed by atoms with Crippen molar-refractivity contribution in [1.29, 1.82) is 0 Å². The fourth-order valence-electron chi connectivity index (χ4n) is 7.02. The third kappa shape index (κ3) is 8.04. The van der Waals surface area contributed by atoms with Crippen LogP contribution < -0.4 is 20.2 Å². The lowest BCUT2D eigenvalue weighted by Gasteiger charge is -2.37. The van der Waals surface area contributed by atoms with Crippen molar-refractivity contribution in [2.24, 2.45) is 5.10 Å². The molecule has 2 aromatic heterocycles. The van der Waals surface area contributed by atoms with Gasteiger partial charge in [-0.25, -0.2) is 14.0 Å². The molecule has 12 heteroatoms. The molecule has 2 aliphatic heterocycles. The standard InChI is InChI=1S/C42H50N8O4/c1-5-7-8-23-44-46(4)30-42(39-13-9-11-33-12-10-22-43-40(33)39)53-29-38(54-42)28-52-37-20-18-35(19-21-37)48-26-24-47(25-27-48)34-14-16-36(17-15-34)49-31-45-50(41(49)51)32(3)6-2/h7-23,31-32,38H,5-6,24-30H2,1-4H3. The van der Waals surface area contributed by atoms with Crippen molar-refractivity contribution in [3.05, 3.63) is 120 Å². The van der Waals surface area contributed by atoms with Crippen LogP contribution in [0.4, 0.5) is 11.4 Å². The molecule has 4 heterocycles. The van der Waals surface area contributed by atoms with Crippen molar-refractivity contribution >= 4 is 28.5 Å². The summed E-state index contributed by atoms with van der Waals surface area (Å²) < 4.78 is 22.7. The van der Waals surface area contributed by atoms with Crippen molar-refractivity contribution < 1.29 is 14.2 Å². The highest BCUT2D eigenvalue weighted by Gasteiger charge is 2.46. The van der Waals surface area contributed by atoms with Crippen LogP contribution in [0.15, 0.2) is 113 Å². The Morgan fingerprint density at radius 1 is 0.963 bits per heavy atom. The van der Waals surface area contributed by atoms with Crippen LogP contribution >= 0.6 is 0 Å². The lowest BCUT2D eigenvalue weighted by molar-refractivity contribution is -0.188. The highest BCUT2D eigenvalue weighted by Crippen LogP contribution is 2.38. The number of allylic oxidation sites excluding steroid dienone is 2. The van der Waals surface area contributed by atoms with Crippen molar-refractivity contribution in [2.75, 3.05) is 62.8 Å². The van der Waals surface area contributed by atoms with Gasteiger partial charge in [-0.15, -0.1) is 0 Å². The number of para-hydroxylation sites is 1. The topological polar surface area (TPSA) is 102 Å². The highest BCUT2D eigenvalue weighted by atomic mass is 16.8. The first-order valence-corrected chi connectivity index (χ1v) is 18.9. The Balaban J connectivity index is 0.943. The molecule has 7 rings (SSSR count). The van der Waals surface area contributed by atoms with Gasteiger partial charge in [0, 0.05) is 68.0 Å². The summed E-state index contributed by atoms with van der Waals surface area (Å²) in [6, 6.07) is 26.6. The largest absolute Gasteiger partial charge is 0.491 e. The molecule has 0 spiro atoms. The van der Waals surface area contributed by atoms with Gasteiger partial charge >= 0.3 is 5.69 Å². The van der Waals surface area contributed by atoms with E-state index in [1.165, 1.54) is 0 Å². The summed E-state index contributed by atoms with van der Waals surface area (Å²) >= 11 is 0. The van der Waals surface area contributed by atoms with Gasteiger partial charge in [0.25, 0.3) is 0 Å². The summed E-state index contributed by atoms with van der Waals surface area (Å²) in [6.07, 6.45) is 10.7. The zero-order chi connectivity index (χ0) is 37.5. The van der Waals surface area contributed by atoms with Gasteiger partial charge in [-0.05, 0) is 80.4 Å². The molecule has 2 aliphatic rings. The fraction of sp³-hybridized carbons (Fsp3) is 0.381. The maximum atomic E-state index is 12.8. The second-order valence-electron chi connectivity index (χ2n) is 13.9. The number of hydrogen-bond donors (Lipinski definition) is 0. The van der Waals surface area contributed by atoms with E-state index in [0.717, 1.165) is 78.3 Å². The first kappa shape index (κ1) is 36.9. The second kappa shape index (κ2) is 16.7. The predicted octanol–water partition coefficient (Wildman–Crippen LogP) is 6.41. The summed E-state index contributed by atoms with van der Waals surface area (Å²) in [5.41, 5.74) is 4.74. The number of fused-ring (bicyclic) bond motifs is 1. The molecule has 282 valence electrons. The minimum atomic E-state index is -1.06. The van der Waals surface area contributed by atoms with Crippen molar-refractivity contribution in [3.63, 3.8) is 0 Å². The van der Waals surface area contributed by atoms with Crippen LogP contribution in [-0.2, 0) is 15.3 Å². The SMILES string of the molecule is CCC=CC=NN(C)CC1(c2cccc3cccnc23)OCC(COc2ccc(N3CCN(c4ccc(-n5cnn(C(C)CC)c5=O)cc4)CC3)cc2)O1. The number of anilines is 2. The summed E-state index contributed by atoms with van der Waals surface area (Å²) in [6.45, 7) is 10.8. The number of likely N-dealkylation sites (N-methyl/N-ethyl adjacent to an activating group) is 1. The maximum absolute atomic E-state index is 12.8. The molecule has 3 unspecified atom stereocenters. The summed E-state index contributed by atoms with van der Waals surface area (Å²) in [5, 5.41) is 11.8. The maximum Gasteiger partial charge on any atom is 0.350 e. The van der Waals surface area contributed by atoms with Crippen LogP contribution in [0.25, 0.3) is 16.6 Å². The number of hydrogen-bond acceptors (Lipinski definition) is 10. The summed E-state index contributed by atoms with van der Waals surface area (Å²) in [5.74, 6) is -0.281. The Hall–Kier alpha value is -5.46. The number of rotatable bonds is 14. The molecule has 0 N–H and O–H groups in total. The van der Waals surface area contributed by atoms with E-state index in [0.29, 0.717) is 19.8 Å². The van der Waals surface area contributed by atoms with Gasteiger partial charge in [0.2, 0.25) is 5.79 Å². The van der Waals surface area contributed by atoms with E-state index < -0.39 is 5.79 Å². The van der Waals surface area contributed by atoms with E-state index in [-0.39, 0.29) is 17.8 Å². The highest BCUT2D eigenvalue weighted by molar-refractivity contribution is 5.82. The molecule has 5 aromatic rings. The van der Waals surface area contributed by atoms with E-state index >= 15 is 0 Å². The van der Waals surface area contributed by atoms with E-state index in [2.05, 4.69) is 64.2 Å². The van der Waals surface area contributed by atoms with Crippen LogP contribution in [0, 0.1) is 0 Å². The minimum Gasteiger partial charge on any atom is -0.491 e. The first-order valence-electron chi connectivity index (χ1n) is 18.9. The van der Waals surface area contributed by atoms with E-state index in [1.807, 2.05) is 79.7 Å². The van der Waals surface area contributed by atoms with Gasteiger partial charge in [0.05, 0.1) is 30.4 Å². The van der Waals surface area contributed by atoms with Crippen LogP contribution in [0.5, 0.6) is 5.75 Å². The number of pyridine rings is 1. The van der Waals surface area contributed by atoms with Gasteiger partial charge in [-0.2, -0.15) is 10.2 Å². The molecule has 12 nitrogen and oxygen atoms in total. The second-order valence-corrected chi connectivity index (χ2v) is 13.9. The van der Waals surface area contributed by atoms with Crippen LogP contribution in [-0.4, -0.2) is 89.6 Å². The molecule has 0 bridgehead atoms. The quantitative estimate of drug-likeness (QED) is 0.0948. The molecule has 54 heavy (non-hydrogen) atoms. The Labute approximate surface area is 316 Å². The summed E-state index contributed by atoms with van der Waals surface area (Å²) in [7, 11) is 1.92. The van der Waals surface area contributed by atoms with Crippen LogP contribution in [0.1, 0.15) is 45.2 Å². The number of ether oxygens (including phenoxy) is 3. The monoisotopic (exact) mass is 730 g/mol. The Morgan fingerprint density at radius 2 is 1.65 bits per heavy atom. The zero-order valence-electron chi connectivity index (χ0n) is 31.6. The van der Waals surface area contributed by atoms with E-state index in [4.69, 9.17) is 19.2 Å². The number of piperazine rings is 1. The van der Waals surface area contributed by atoms with Gasteiger partial charge < -0.3 is 24.0 Å². The van der Waals surface area contributed by atoms with E-state index in [9.17, 15) is 4.79 Å². The molecular formula is C42H50N8O4. The molecular weight excluding hydrogens is 681 g/mol. The Morgan fingerprint density at radius 3 is 2.35 bits per heavy atom. The van der Waals surface area contributed by atoms with Crippen molar-refractivity contribution in [3.8, 4) is 11.4 Å². The minimum absolute atomic E-state index is 0.0672. The number of aromatic nitrogens is 4. The van der Waals surface area contributed by atoms with Crippen molar-refractivity contribution in [1.82, 2.24) is 24.3 Å². The predicted molar refractivity (Wildman–Crippen MR) is 214 cm³/mol. The zero-order valence-corrected chi connectivity index (χ0v) is 31.6. The molecule has 0 amide bonds. The van der Waals surface area contributed by atoms with Crippen LogP contribution in [0.3, 0.4) is 0 Å². The molecule has 2 fully saturated rings. The number of nitrogens with zero attached hydrogens (tertiary/aromatic N) is 8.